The van der Waals surface area contributed by atoms with Crippen molar-refractivity contribution in [3.63, 3.8) is 0 Å². The summed E-state index contributed by atoms with van der Waals surface area (Å²) >= 11 is 0. The maximum Gasteiger partial charge on any atom is 0.262 e. The van der Waals surface area contributed by atoms with Crippen LogP contribution < -0.4 is 24.8 Å². The first-order chi connectivity index (χ1) is 15.6. The number of methoxy groups -OCH3 is 2. The van der Waals surface area contributed by atoms with Gasteiger partial charge in [-0.05, 0) is 67.4 Å². The van der Waals surface area contributed by atoms with E-state index in [1.54, 1.807) is 14.2 Å². The van der Waals surface area contributed by atoms with Gasteiger partial charge in [0.05, 0.1) is 14.2 Å². The van der Waals surface area contributed by atoms with Crippen LogP contribution in [0.4, 0.5) is 5.69 Å². The smallest absolute Gasteiger partial charge is 0.262 e. The van der Waals surface area contributed by atoms with E-state index >= 15 is 0 Å². The third-order valence-corrected chi connectivity index (χ3v) is 5.00. The van der Waals surface area contributed by atoms with E-state index in [9.17, 15) is 4.79 Å². The minimum absolute atomic E-state index is 0.0310. The fraction of sp³-hybridized carbons (Fsp3) is 0.269. The number of aryl methyl sites for hydroxylation is 1. The summed E-state index contributed by atoms with van der Waals surface area (Å²) in [5.41, 5.74) is 4.24. The molecule has 0 heterocycles. The minimum atomic E-state index is -0.185. The van der Waals surface area contributed by atoms with E-state index < -0.39 is 0 Å². The number of amides is 1. The van der Waals surface area contributed by atoms with E-state index in [1.807, 2.05) is 73.7 Å². The molecule has 32 heavy (non-hydrogen) atoms. The first kappa shape index (κ1) is 23.2. The highest BCUT2D eigenvalue weighted by molar-refractivity contribution is 5.91. The predicted molar refractivity (Wildman–Crippen MR) is 127 cm³/mol. The second kappa shape index (κ2) is 11.8. The molecule has 0 aliphatic carbocycles. The maximum absolute atomic E-state index is 12.0. The van der Waals surface area contributed by atoms with E-state index in [1.165, 1.54) is 5.56 Å². The van der Waals surface area contributed by atoms with E-state index in [0.717, 1.165) is 47.8 Å². The van der Waals surface area contributed by atoms with Gasteiger partial charge in [0.25, 0.3) is 5.91 Å². The summed E-state index contributed by atoms with van der Waals surface area (Å²) in [7, 11) is 3.28. The Morgan fingerprint density at radius 2 is 1.53 bits per heavy atom. The quantitative estimate of drug-likeness (QED) is 0.439. The number of rotatable bonds is 11. The molecule has 0 aliphatic rings. The molecule has 0 unspecified atom stereocenters. The zero-order valence-electron chi connectivity index (χ0n) is 18.8. The Balaban J connectivity index is 1.38. The van der Waals surface area contributed by atoms with E-state index in [-0.39, 0.29) is 12.5 Å². The third-order valence-electron chi connectivity index (χ3n) is 5.00. The van der Waals surface area contributed by atoms with Gasteiger partial charge >= 0.3 is 0 Å². The van der Waals surface area contributed by atoms with Crippen LogP contribution in [-0.2, 0) is 17.8 Å². The fourth-order valence-electron chi connectivity index (χ4n) is 3.19. The molecular formula is C26H30N2O4. The lowest BCUT2D eigenvalue weighted by Gasteiger charge is -2.10. The van der Waals surface area contributed by atoms with Crippen LogP contribution in [0.25, 0.3) is 0 Å². The molecule has 3 aromatic carbocycles. The monoisotopic (exact) mass is 434 g/mol. The zero-order chi connectivity index (χ0) is 22.8. The highest BCUT2D eigenvalue weighted by atomic mass is 16.5. The number of benzene rings is 3. The number of nitrogens with one attached hydrogen (secondary N) is 2. The van der Waals surface area contributed by atoms with Crippen LogP contribution in [0, 0.1) is 6.92 Å². The number of ether oxygens (including phenoxy) is 3. The van der Waals surface area contributed by atoms with Crippen molar-refractivity contribution < 1.29 is 19.0 Å². The Hall–Kier alpha value is -3.51. The molecule has 3 aromatic rings. The van der Waals surface area contributed by atoms with Crippen molar-refractivity contribution in [1.29, 1.82) is 0 Å². The molecular weight excluding hydrogens is 404 g/mol. The van der Waals surface area contributed by atoms with E-state index in [0.29, 0.717) is 5.75 Å². The average molecular weight is 435 g/mol. The van der Waals surface area contributed by atoms with Crippen molar-refractivity contribution >= 4 is 11.6 Å². The van der Waals surface area contributed by atoms with Gasteiger partial charge in [0.2, 0.25) is 0 Å². The first-order valence-corrected chi connectivity index (χ1v) is 10.6. The highest BCUT2D eigenvalue weighted by Gasteiger charge is 2.05. The van der Waals surface area contributed by atoms with Crippen LogP contribution in [0.2, 0.25) is 0 Å². The van der Waals surface area contributed by atoms with Gasteiger partial charge in [-0.15, -0.1) is 0 Å². The van der Waals surface area contributed by atoms with Gasteiger partial charge in [0.1, 0.15) is 5.75 Å². The average Bonchev–Trinajstić information content (AvgIpc) is 2.82. The number of carbonyl (C=O) groups excluding carboxylic acids is 1. The summed E-state index contributed by atoms with van der Waals surface area (Å²) in [5.74, 6) is 1.96. The molecule has 0 fully saturated rings. The second-order valence-corrected chi connectivity index (χ2v) is 7.46. The molecule has 0 aliphatic heterocycles. The Morgan fingerprint density at radius 3 is 2.22 bits per heavy atom. The zero-order valence-corrected chi connectivity index (χ0v) is 18.8. The molecule has 6 heteroatoms. The lowest BCUT2D eigenvalue weighted by atomic mass is 10.1. The number of carbonyl (C=O) groups is 1. The Bertz CT molecular complexity index is 1000. The van der Waals surface area contributed by atoms with Gasteiger partial charge in [-0.1, -0.05) is 35.9 Å². The Kier molecular flexibility index (Phi) is 8.52. The van der Waals surface area contributed by atoms with Crippen molar-refractivity contribution in [3.05, 3.63) is 83.4 Å². The standard InChI is InChI=1S/C26H30N2O4/c1-19-4-9-22(10-5-19)28-26(29)18-32-23-11-6-21(7-12-23)17-27-15-14-20-8-13-24(30-2)25(16-20)31-3/h4-13,16,27H,14-15,17-18H2,1-3H3,(H,28,29). The summed E-state index contributed by atoms with van der Waals surface area (Å²) in [4.78, 5) is 12.0. The van der Waals surface area contributed by atoms with Gasteiger partial charge in [-0.3, -0.25) is 4.79 Å². The van der Waals surface area contributed by atoms with Crippen LogP contribution in [0.15, 0.2) is 66.7 Å². The molecule has 168 valence electrons. The van der Waals surface area contributed by atoms with Gasteiger partial charge in [-0.25, -0.2) is 0 Å². The van der Waals surface area contributed by atoms with Crippen molar-refractivity contribution in [3.8, 4) is 17.2 Å². The van der Waals surface area contributed by atoms with Gasteiger partial charge in [-0.2, -0.15) is 0 Å². The Labute approximate surface area is 189 Å². The SMILES string of the molecule is COc1ccc(CCNCc2ccc(OCC(=O)Nc3ccc(C)cc3)cc2)cc1OC. The van der Waals surface area contributed by atoms with Crippen LogP contribution in [0.3, 0.4) is 0 Å². The summed E-state index contributed by atoms with van der Waals surface area (Å²) < 4.78 is 16.2. The summed E-state index contributed by atoms with van der Waals surface area (Å²) in [6.45, 7) is 3.57. The Morgan fingerprint density at radius 1 is 0.844 bits per heavy atom. The van der Waals surface area contributed by atoms with E-state index in [2.05, 4.69) is 10.6 Å². The molecule has 0 bridgehead atoms. The summed E-state index contributed by atoms with van der Waals surface area (Å²) in [6, 6.07) is 21.4. The maximum atomic E-state index is 12.0. The molecule has 0 atom stereocenters. The first-order valence-electron chi connectivity index (χ1n) is 10.6. The molecule has 6 nitrogen and oxygen atoms in total. The van der Waals surface area contributed by atoms with Gasteiger partial charge in [0.15, 0.2) is 18.1 Å². The molecule has 0 radical (unpaired) electrons. The molecule has 0 saturated heterocycles. The second-order valence-electron chi connectivity index (χ2n) is 7.46. The van der Waals surface area contributed by atoms with Crippen molar-refractivity contribution in [1.82, 2.24) is 5.32 Å². The third kappa shape index (κ3) is 7.03. The fourth-order valence-corrected chi connectivity index (χ4v) is 3.19. The van der Waals surface area contributed by atoms with Crippen molar-refractivity contribution in [2.75, 3.05) is 32.7 Å². The minimum Gasteiger partial charge on any atom is -0.493 e. The normalized spacial score (nSPS) is 10.5. The van der Waals surface area contributed by atoms with Crippen LogP contribution >= 0.6 is 0 Å². The van der Waals surface area contributed by atoms with E-state index in [4.69, 9.17) is 14.2 Å². The van der Waals surface area contributed by atoms with Crippen LogP contribution in [-0.4, -0.2) is 33.3 Å². The number of hydrogen-bond acceptors (Lipinski definition) is 5. The van der Waals surface area contributed by atoms with Crippen molar-refractivity contribution in [2.45, 2.75) is 19.9 Å². The predicted octanol–water partition coefficient (Wildman–Crippen LogP) is 4.36. The lowest BCUT2D eigenvalue weighted by molar-refractivity contribution is -0.118. The van der Waals surface area contributed by atoms with Crippen molar-refractivity contribution in [2.24, 2.45) is 0 Å². The van der Waals surface area contributed by atoms with Gasteiger partial charge in [0, 0.05) is 12.2 Å². The molecule has 1 amide bonds. The summed E-state index contributed by atoms with van der Waals surface area (Å²) in [6.07, 6.45) is 0.887. The van der Waals surface area contributed by atoms with Crippen LogP contribution in [0.5, 0.6) is 17.2 Å². The molecule has 0 saturated carbocycles. The van der Waals surface area contributed by atoms with Crippen LogP contribution in [0.1, 0.15) is 16.7 Å². The topological polar surface area (TPSA) is 68.8 Å². The molecule has 0 aromatic heterocycles. The lowest BCUT2D eigenvalue weighted by Crippen LogP contribution is -2.20. The molecule has 0 spiro atoms. The number of hydrogen-bond donors (Lipinski definition) is 2. The largest absolute Gasteiger partial charge is 0.493 e. The number of anilines is 1. The highest BCUT2D eigenvalue weighted by Crippen LogP contribution is 2.27. The molecule has 3 rings (SSSR count). The summed E-state index contributed by atoms with van der Waals surface area (Å²) in [5, 5.41) is 6.26. The molecule has 2 N–H and O–H groups in total. The van der Waals surface area contributed by atoms with Gasteiger partial charge < -0.3 is 24.8 Å².